The van der Waals surface area contributed by atoms with Crippen molar-refractivity contribution in [1.82, 2.24) is 4.90 Å². The first-order valence-electron chi connectivity index (χ1n) is 7.49. The Labute approximate surface area is 137 Å². The predicted octanol–water partition coefficient (Wildman–Crippen LogP) is 3.12. The number of amides is 1. The van der Waals surface area contributed by atoms with E-state index in [1.165, 1.54) is 25.7 Å². The first-order chi connectivity index (χ1) is 9.74. The zero-order chi connectivity index (χ0) is 13.9. The Bertz CT molecular complexity index is 478. The molecule has 116 valence electrons. The molecule has 2 atom stereocenters. The summed E-state index contributed by atoms with van der Waals surface area (Å²) in [4.78, 5) is 14.7. The largest absolute Gasteiger partial charge is 0.399 e. The fourth-order valence-electron chi connectivity index (χ4n) is 3.32. The molecule has 1 aliphatic carbocycles. The van der Waals surface area contributed by atoms with E-state index >= 15 is 0 Å². The normalized spacial score (nSPS) is 24.9. The van der Waals surface area contributed by atoms with E-state index < -0.39 is 0 Å². The second kappa shape index (κ2) is 7.41. The first-order valence-corrected chi connectivity index (χ1v) is 8.54. The van der Waals surface area contributed by atoms with Crippen LogP contribution < -0.4 is 5.73 Å². The van der Waals surface area contributed by atoms with E-state index in [9.17, 15) is 4.79 Å². The summed E-state index contributed by atoms with van der Waals surface area (Å²) in [7, 11) is 0. The molecular weight excluding hydrogens is 304 g/mol. The van der Waals surface area contributed by atoms with Crippen LogP contribution in [-0.4, -0.2) is 34.4 Å². The van der Waals surface area contributed by atoms with Crippen molar-refractivity contribution in [2.24, 2.45) is 0 Å². The molecular formula is C16H23ClN2OS. The maximum atomic E-state index is 12.6. The minimum Gasteiger partial charge on any atom is -0.399 e. The van der Waals surface area contributed by atoms with Crippen LogP contribution in [0.3, 0.4) is 0 Å². The maximum absolute atomic E-state index is 12.6. The molecule has 1 heterocycles. The Morgan fingerprint density at radius 3 is 2.71 bits per heavy atom. The molecule has 1 aromatic rings. The van der Waals surface area contributed by atoms with Gasteiger partial charge in [0.1, 0.15) is 0 Å². The summed E-state index contributed by atoms with van der Waals surface area (Å²) in [5.41, 5.74) is 7.51. The van der Waals surface area contributed by atoms with Crippen LogP contribution in [0.5, 0.6) is 0 Å². The monoisotopic (exact) mass is 326 g/mol. The van der Waals surface area contributed by atoms with Gasteiger partial charge in [-0.3, -0.25) is 4.79 Å². The topological polar surface area (TPSA) is 46.3 Å². The molecule has 0 spiro atoms. The number of nitrogens with two attached hydrogens (primary N) is 1. The summed E-state index contributed by atoms with van der Waals surface area (Å²) in [6, 6.07) is 8.15. The van der Waals surface area contributed by atoms with Crippen molar-refractivity contribution in [2.75, 3.05) is 18.0 Å². The van der Waals surface area contributed by atoms with E-state index in [1.54, 1.807) is 0 Å². The molecule has 1 amide bonds. The van der Waals surface area contributed by atoms with Gasteiger partial charge in [-0.25, -0.2) is 0 Å². The fourth-order valence-corrected chi connectivity index (χ4v) is 4.76. The molecule has 0 bridgehead atoms. The van der Waals surface area contributed by atoms with Crippen LogP contribution in [0.15, 0.2) is 24.3 Å². The number of carbonyl (C=O) groups is 1. The van der Waals surface area contributed by atoms with Gasteiger partial charge < -0.3 is 10.6 Å². The lowest BCUT2D eigenvalue weighted by Gasteiger charge is -2.43. The second-order valence-corrected chi connectivity index (χ2v) is 7.11. The highest BCUT2D eigenvalue weighted by Crippen LogP contribution is 2.35. The zero-order valence-corrected chi connectivity index (χ0v) is 13.8. The van der Waals surface area contributed by atoms with Gasteiger partial charge in [-0.15, -0.1) is 12.4 Å². The molecule has 1 saturated heterocycles. The molecule has 1 aromatic carbocycles. The highest BCUT2D eigenvalue weighted by Gasteiger charge is 2.35. The second-order valence-electron chi connectivity index (χ2n) is 5.77. The van der Waals surface area contributed by atoms with Gasteiger partial charge in [0.05, 0.1) is 6.42 Å². The molecule has 5 heteroatoms. The number of fused-ring (bicyclic) bond motifs is 1. The first kappa shape index (κ1) is 16.5. The molecule has 3 rings (SSSR count). The number of nitrogens with zero attached hydrogens (tertiary/aromatic N) is 1. The molecule has 0 aromatic heterocycles. The van der Waals surface area contributed by atoms with E-state index in [0.717, 1.165) is 23.5 Å². The Morgan fingerprint density at radius 1 is 1.24 bits per heavy atom. The van der Waals surface area contributed by atoms with Crippen LogP contribution in [-0.2, 0) is 11.2 Å². The number of rotatable bonds is 2. The van der Waals surface area contributed by atoms with Gasteiger partial charge in [0.15, 0.2) is 0 Å². The Hall–Kier alpha value is -0.870. The van der Waals surface area contributed by atoms with Gasteiger partial charge in [-0.05, 0) is 30.5 Å². The number of benzene rings is 1. The Kier molecular flexibility index (Phi) is 5.82. The summed E-state index contributed by atoms with van der Waals surface area (Å²) in [5.74, 6) is 1.38. The lowest BCUT2D eigenvalue weighted by Crippen LogP contribution is -2.52. The molecule has 2 unspecified atom stereocenters. The van der Waals surface area contributed by atoms with Gasteiger partial charge in [0.2, 0.25) is 5.91 Å². The van der Waals surface area contributed by atoms with Crippen molar-refractivity contribution < 1.29 is 4.79 Å². The number of hydrogen-bond donors (Lipinski definition) is 1. The van der Waals surface area contributed by atoms with E-state index in [2.05, 4.69) is 16.7 Å². The lowest BCUT2D eigenvalue weighted by molar-refractivity contribution is -0.133. The van der Waals surface area contributed by atoms with E-state index in [0.29, 0.717) is 17.7 Å². The number of hydrogen-bond acceptors (Lipinski definition) is 3. The number of thioether (sulfide) groups is 1. The Morgan fingerprint density at radius 2 is 1.95 bits per heavy atom. The van der Waals surface area contributed by atoms with Crippen LogP contribution in [0.4, 0.5) is 5.69 Å². The molecule has 0 radical (unpaired) electrons. The van der Waals surface area contributed by atoms with Gasteiger partial charge >= 0.3 is 0 Å². The standard InChI is InChI=1S/C16H22N2OS.ClH/c17-13-7-5-12(6-8-13)11-16(19)18-9-10-20-15-4-2-1-3-14(15)18;/h5-8,14-15H,1-4,9-11,17H2;1H. The van der Waals surface area contributed by atoms with Crippen molar-refractivity contribution in [1.29, 1.82) is 0 Å². The summed E-state index contributed by atoms with van der Waals surface area (Å²) >= 11 is 2.07. The van der Waals surface area contributed by atoms with Crippen molar-refractivity contribution in [2.45, 2.75) is 43.4 Å². The minimum absolute atomic E-state index is 0. The van der Waals surface area contributed by atoms with Gasteiger partial charge in [0.25, 0.3) is 0 Å². The van der Waals surface area contributed by atoms with E-state index in [1.807, 2.05) is 24.3 Å². The zero-order valence-electron chi connectivity index (χ0n) is 12.2. The third kappa shape index (κ3) is 3.86. The van der Waals surface area contributed by atoms with Crippen LogP contribution in [0.2, 0.25) is 0 Å². The smallest absolute Gasteiger partial charge is 0.227 e. The summed E-state index contributed by atoms with van der Waals surface area (Å²) in [6.07, 6.45) is 5.57. The average molecular weight is 327 g/mol. The molecule has 2 fully saturated rings. The van der Waals surface area contributed by atoms with Gasteiger partial charge in [-0.1, -0.05) is 25.0 Å². The van der Waals surface area contributed by atoms with Gasteiger partial charge in [0, 0.05) is 29.3 Å². The summed E-state index contributed by atoms with van der Waals surface area (Å²) < 4.78 is 0. The summed E-state index contributed by atoms with van der Waals surface area (Å²) in [6.45, 7) is 0.916. The number of halogens is 1. The molecule has 2 N–H and O–H groups in total. The van der Waals surface area contributed by atoms with Crippen LogP contribution >= 0.6 is 24.2 Å². The third-order valence-corrected chi connectivity index (χ3v) is 5.78. The highest BCUT2D eigenvalue weighted by molar-refractivity contribution is 8.00. The van der Waals surface area contributed by atoms with Crippen LogP contribution in [0.25, 0.3) is 0 Å². The maximum Gasteiger partial charge on any atom is 0.227 e. The summed E-state index contributed by atoms with van der Waals surface area (Å²) in [5, 5.41) is 0.674. The van der Waals surface area contributed by atoms with Crippen molar-refractivity contribution in [3.63, 3.8) is 0 Å². The molecule has 1 saturated carbocycles. The van der Waals surface area contributed by atoms with E-state index in [4.69, 9.17) is 5.73 Å². The average Bonchev–Trinajstić information content (AvgIpc) is 2.49. The lowest BCUT2D eigenvalue weighted by atomic mass is 9.93. The van der Waals surface area contributed by atoms with Crippen molar-refractivity contribution >= 4 is 35.8 Å². The SMILES string of the molecule is Cl.Nc1ccc(CC(=O)N2CCSC3CCCCC32)cc1. The third-order valence-electron chi connectivity index (χ3n) is 4.39. The number of carbonyl (C=O) groups excluding carboxylic acids is 1. The van der Waals surface area contributed by atoms with Crippen molar-refractivity contribution in [3.05, 3.63) is 29.8 Å². The fraction of sp³-hybridized carbons (Fsp3) is 0.562. The minimum atomic E-state index is 0. The van der Waals surface area contributed by atoms with Crippen LogP contribution in [0.1, 0.15) is 31.2 Å². The molecule has 21 heavy (non-hydrogen) atoms. The number of anilines is 1. The molecule has 1 aliphatic heterocycles. The van der Waals surface area contributed by atoms with E-state index in [-0.39, 0.29) is 18.3 Å². The highest BCUT2D eigenvalue weighted by atomic mass is 35.5. The van der Waals surface area contributed by atoms with Gasteiger partial charge in [-0.2, -0.15) is 11.8 Å². The Balaban J connectivity index is 0.00000161. The van der Waals surface area contributed by atoms with Crippen LogP contribution in [0, 0.1) is 0 Å². The van der Waals surface area contributed by atoms with Crippen molar-refractivity contribution in [3.8, 4) is 0 Å². The molecule has 2 aliphatic rings. The number of nitrogen functional groups attached to an aromatic ring is 1. The quantitative estimate of drug-likeness (QED) is 0.849. The predicted molar refractivity (Wildman–Crippen MR) is 92.0 cm³/mol. The molecule has 3 nitrogen and oxygen atoms in total.